The summed E-state index contributed by atoms with van der Waals surface area (Å²) < 4.78 is 10.5. The zero-order valence-corrected chi connectivity index (χ0v) is 9.62. The molecule has 0 saturated heterocycles. The number of hydrogen-bond acceptors (Lipinski definition) is 4. The Bertz CT molecular complexity index is 320. The molecule has 0 aliphatic carbocycles. The van der Waals surface area contributed by atoms with Crippen LogP contribution >= 0.6 is 11.6 Å². The maximum atomic E-state index is 6.04. The Hall–Kier alpha value is -0.840. The van der Waals surface area contributed by atoms with E-state index in [-0.39, 0.29) is 6.10 Å². The molecule has 0 fully saturated rings. The van der Waals surface area contributed by atoms with Crippen molar-refractivity contribution < 1.29 is 9.47 Å². The van der Waals surface area contributed by atoms with Crippen molar-refractivity contribution in [2.45, 2.75) is 19.6 Å². The number of halogens is 1. The summed E-state index contributed by atoms with van der Waals surface area (Å²) in [5.74, 6) is 0.407. The summed E-state index contributed by atoms with van der Waals surface area (Å²) in [4.78, 5) is 4.04. The van der Waals surface area contributed by atoms with Crippen molar-refractivity contribution in [1.82, 2.24) is 4.98 Å². The number of rotatable bonds is 5. The van der Waals surface area contributed by atoms with Crippen LogP contribution in [0.5, 0.6) is 5.88 Å². The monoisotopic (exact) mass is 230 g/mol. The summed E-state index contributed by atoms with van der Waals surface area (Å²) in [6.45, 7) is 2.75. The van der Waals surface area contributed by atoms with Gasteiger partial charge in [-0.3, -0.25) is 0 Å². The Morgan fingerprint density at radius 2 is 2.33 bits per heavy atom. The normalized spacial score (nSPS) is 12.5. The minimum absolute atomic E-state index is 0.0898. The topological polar surface area (TPSA) is 57.4 Å². The number of methoxy groups -OCH3 is 1. The SMILES string of the molecule is COCC(C)Oc1nccc(CN)c1Cl. The average molecular weight is 231 g/mol. The maximum Gasteiger partial charge on any atom is 0.233 e. The largest absolute Gasteiger partial charge is 0.471 e. The summed E-state index contributed by atoms with van der Waals surface area (Å²) in [5.41, 5.74) is 6.34. The van der Waals surface area contributed by atoms with Gasteiger partial charge in [0.25, 0.3) is 0 Å². The van der Waals surface area contributed by atoms with Crippen LogP contribution in [-0.2, 0) is 11.3 Å². The van der Waals surface area contributed by atoms with Crippen LogP contribution in [0.2, 0.25) is 5.02 Å². The lowest BCUT2D eigenvalue weighted by Crippen LogP contribution is -2.19. The van der Waals surface area contributed by atoms with Gasteiger partial charge in [-0.2, -0.15) is 0 Å². The summed E-state index contributed by atoms with van der Waals surface area (Å²) >= 11 is 6.04. The second kappa shape index (κ2) is 5.90. The molecule has 0 amide bonds. The zero-order chi connectivity index (χ0) is 11.3. The van der Waals surface area contributed by atoms with Crippen molar-refractivity contribution in [3.8, 4) is 5.88 Å². The molecule has 1 aromatic heterocycles. The molecular formula is C10H15ClN2O2. The highest BCUT2D eigenvalue weighted by Gasteiger charge is 2.11. The molecule has 0 bridgehead atoms. The van der Waals surface area contributed by atoms with Crippen molar-refractivity contribution in [1.29, 1.82) is 0 Å². The van der Waals surface area contributed by atoms with Gasteiger partial charge < -0.3 is 15.2 Å². The van der Waals surface area contributed by atoms with Gasteiger partial charge in [-0.05, 0) is 18.6 Å². The minimum atomic E-state index is -0.0898. The number of pyridine rings is 1. The van der Waals surface area contributed by atoms with Crippen molar-refractivity contribution in [3.05, 3.63) is 22.8 Å². The van der Waals surface area contributed by atoms with Crippen LogP contribution in [-0.4, -0.2) is 24.8 Å². The van der Waals surface area contributed by atoms with Gasteiger partial charge in [-0.25, -0.2) is 4.98 Å². The predicted octanol–water partition coefficient (Wildman–Crippen LogP) is 1.61. The summed E-state index contributed by atoms with van der Waals surface area (Å²) in [7, 11) is 1.62. The average Bonchev–Trinajstić information content (AvgIpc) is 2.21. The quantitative estimate of drug-likeness (QED) is 0.835. The highest BCUT2D eigenvalue weighted by Crippen LogP contribution is 2.25. The molecule has 4 nitrogen and oxygen atoms in total. The van der Waals surface area contributed by atoms with Crippen molar-refractivity contribution in [2.24, 2.45) is 5.73 Å². The van der Waals surface area contributed by atoms with E-state index in [2.05, 4.69) is 4.98 Å². The molecule has 0 aliphatic rings. The maximum absolute atomic E-state index is 6.04. The number of aromatic nitrogens is 1. The highest BCUT2D eigenvalue weighted by atomic mass is 35.5. The highest BCUT2D eigenvalue weighted by molar-refractivity contribution is 6.32. The van der Waals surface area contributed by atoms with E-state index >= 15 is 0 Å². The Labute approximate surface area is 94.3 Å². The van der Waals surface area contributed by atoms with E-state index in [1.54, 1.807) is 19.4 Å². The van der Waals surface area contributed by atoms with Crippen molar-refractivity contribution in [3.63, 3.8) is 0 Å². The first kappa shape index (κ1) is 12.2. The summed E-state index contributed by atoms with van der Waals surface area (Å²) in [6.07, 6.45) is 1.54. The van der Waals surface area contributed by atoms with Crippen LogP contribution in [0.1, 0.15) is 12.5 Å². The molecule has 0 spiro atoms. The molecule has 2 N–H and O–H groups in total. The molecule has 5 heteroatoms. The van der Waals surface area contributed by atoms with Crippen molar-refractivity contribution >= 4 is 11.6 Å². The smallest absolute Gasteiger partial charge is 0.233 e. The molecule has 1 aromatic rings. The van der Waals surface area contributed by atoms with Gasteiger partial charge in [0, 0.05) is 19.9 Å². The van der Waals surface area contributed by atoms with Crippen LogP contribution in [0, 0.1) is 0 Å². The van der Waals surface area contributed by atoms with E-state index in [9.17, 15) is 0 Å². The van der Waals surface area contributed by atoms with E-state index in [0.717, 1.165) is 5.56 Å². The fourth-order valence-corrected chi connectivity index (χ4v) is 1.39. The van der Waals surface area contributed by atoms with Crippen molar-refractivity contribution in [2.75, 3.05) is 13.7 Å². The van der Waals surface area contributed by atoms with Gasteiger partial charge in [-0.1, -0.05) is 11.6 Å². The molecule has 0 aliphatic heterocycles. The zero-order valence-electron chi connectivity index (χ0n) is 8.87. The molecule has 1 unspecified atom stereocenters. The second-order valence-corrected chi connectivity index (χ2v) is 3.56. The lowest BCUT2D eigenvalue weighted by Gasteiger charge is -2.14. The van der Waals surface area contributed by atoms with Gasteiger partial charge in [0.05, 0.1) is 6.61 Å². The third-order valence-electron chi connectivity index (χ3n) is 1.87. The van der Waals surface area contributed by atoms with Gasteiger partial charge in [0.1, 0.15) is 11.1 Å². The fraction of sp³-hybridized carbons (Fsp3) is 0.500. The first-order valence-electron chi connectivity index (χ1n) is 4.68. The third kappa shape index (κ3) is 3.34. The molecule has 0 saturated carbocycles. The number of nitrogens with zero attached hydrogens (tertiary/aromatic N) is 1. The van der Waals surface area contributed by atoms with Gasteiger partial charge in [0.15, 0.2) is 0 Å². The van der Waals surface area contributed by atoms with E-state index in [4.69, 9.17) is 26.8 Å². The molecule has 0 radical (unpaired) electrons. The summed E-state index contributed by atoms with van der Waals surface area (Å²) in [5, 5.41) is 0.475. The van der Waals surface area contributed by atoms with Crippen LogP contribution in [0.25, 0.3) is 0 Å². The molecule has 0 aromatic carbocycles. The van der Waals surface area contributed by atoms with Crippen LogP contribution in [0.15, 0.2) is 12.3 Å². The molecule has 84 valence electrons. The minimum Gasteiger partial charge on any atom is -0.471 e. The van der Waals surface area contributed by atoms with Crippen LogP contribution in [0.3, 0.4) is 0 Å². The third-order valence-corrected chi connectivity index (χ3v) is 2.28. The Morgan fingerprint density at radius 1 is 1.60 bits per heavy atom. The standard InChI is InChI=1S/C10H15ClN2O2/c1-7(6-14-2)15-10-9(11)8(5-12)3-4-13-10/h3-4,7H,5-6,12H2,1-2H3. The first-order valence-corrected chi connectivity index (χ1v) is 5.05. The van der Waals surface area contributed by atoms with E-state index < -0.39 is 0 Å². The lowest BCUT2D eigenvalue weighted by atomic mass is 10.2. The fourth-order valence-electron chi connectivity index (χ4n) is 1.16. The van der Waals surface area contributed by atoms with Crippen LogP contribution in [0.4, 0.5) is 0 Å². The first-order chi connectivity index (χ1) is 7.19. The molecule has 1 atom stereocenters. The molecular weight excluding hydrogens is 216 g/mol. The number of hydrogen-bond donors (Lipinski definition) is 1. The Morgan fingerprint density at radius 3 is 2.93 bits per heavy atom. The van der Waals surface area contributed by atoms with Gasteiger partial charge in [0.2, 0.25) is 5.88 Å². The lowest BCUT2D eigenvalue weighted by molar-refractivity contribution is 0.0890. The van der Waals surface area contributed by atoms with Crippen LogP contribution < -0.4 is 10.5 Å². The van der Waals surface area contributed by atoms with Gasteiger partial charge in [-0.15, -0.1) is 0 Å². The molecule has 1 rings (SSSR count). The Kier molecular flexibility index (Phi) is 4.81. The molecule has 1 heterocycles. The van der Waals surface area contributed by atoms with E-state index in [1.807, 2.05) is 6.92 Å². The second-order valence-electron chi connectivity index (χ2n) is 3.18. The number of ether oxygens (including phenoxy) is 2. The van der Waals surface area contributed by atoms with E-state index in [1.165, 1.54) is 0 Å². The van der Waals surface area contributed by atoms with E-state index in [0.29, 0.717) is 24.1 Å². The Balaban J connectivity index is 2.76. The number of nitrogens with two attached hydrogens (primary N) is 1. The molecule has 15 heavy (non-hydrogen) atoms. The van der Waals surface area contributed by atoms with Gasteiger partial charge >= 0.3 is 0 Å². The summed E-state index contributed by atoms with van der Waals surface area (Å²) in [6, 6.07) is 1.77. The predicted molar refractivity (Wildman–Crippen MR) is 59.1 cm³/mol.